The second-order valence-electron chi connectivity index (χ2n) is 7.59. The molecule has 2 atom stereocenters. The number of likely N-dealkylation sites (tertiary alicyclic amines) is 1. The zero-order valence-corrected chi connectivity index (χ0v) is 15.7. The Hall–Kier alpha value is -2.00. The Labute approximate surface area is 156 Å². The molecule has 0 radical (unpaired) electrons. The molecule has 0 amide bonds. The number of piperidine rings is 1. The van der Waals surface area contributed by atoms with Crippen LogP contribution in [0.5, 0.6) is 11.5 Å². The lowest BCUT2D eigenvalue weighted by Crippen LogP contribution is -2.37. The van der Waals surface area contributed by atoms with Crippen molar-refractivity contribution in [2.24, 2.45) is 0 Å². The number of ether oxygens (including phenoxy) is 2. The molecule has 138 valence electrons. The number of benzene rings is 2. The summed E-state index contributed by atoms with van der Waals surface area (Å²) >= 11 is 0. The number of hydrogen-bond acceptors (Lipinski definition) is 3. The zero-order chi connectivity index (χ0) is 17.8. The van der Waals surface area contributed by atoms with Crippen molar-refractivity contribution < 1.29 is 9.47 Å². The van der Waals surface area contributed by atoms with Crippen LogP contribution in [-0.2, 0) is 6.42 Å². The summed E-state index contributed by atoms with van der Waals surface area (Å²) in [4.78, 5) is 2.48. The minimum absolute atomic E-state index is 0.164. The van der Waals surface area contributed by atoms with Crippen molar-refractivity contribution in [2.45, 2.75) is 50.7 Å². The predicted octanol–water partition coefficient (Wildman–Crippen LogP) is 5.01. The normalized spacial score (nSPS) is 23.1. The van der Waals surface area contributed by atoms with E-state index in [0.717, 1.165) is 37.4 Å². The van der Waals surface area contributed by atoms with Gasteiger partial charge in [0.25, 0.3) is 0 Å². The maximum atomic E-state index is 6.22. The van der Waals surface area contributed by atoms with Crippen LogP contribution in [0.25, 0.3) is 0 Å². The summed E-state index contributed by atoms with van der Waals surface area (Å²) in [5, 5.41) is 0. The molecule has 4 rings (SSSR count). The number of hydrogen-bond donors (Lipinski definition) is 0. The molecule has 1 saturated heterocycles. The summed E-state index contributed by atoms with van der Waals surface area (Å²) < 4.78 is 12.3. The Bertz CT molecular complexity index is 715. The Morgan fingerprint density at radius 1 is 1.08 bits per heavy atom. The van der Waals surface area contributed by atoms with Crippen molar-refractivity contribution in [3.05, 3.63) is 59.7 Å². The molecule has 3 heteroatoms. The van der Waals surface area contributed by atoms with E-state index < -0.39 is 0 Å². The van der Waals surface area contributed by atoms with Gasteiger partial charge >= 0.3 is 0 Å². The number of rotatable bonds is 5. The molecule has 0 bridgehead atoms. The maximum Gasteiger partial charge on any atom is 0.124 e. The summed E-state index contributed by atoms with van der Waals surface area (Å²) in [6.07, 6.45) is 7.33. The highest BCUT2D eigenvalue weighted by Gasteiger charge is 2.22. The molecule has 0 N–H and O–H groups in total. The topological polar surface area (TPSA) is 21.7 Å². The van der Waals surface area contributed by atoms with Gasteiger partial charge in [-0.3, -0.25) is 0 Å². The molecule has 26 heavy (non-hydrogen) atoms. The second kappa shape index (κ2) is 8.13. The van der Waals surface area contributed by atoms with Crippen LogP contribution < -0.4 is 9.47 Å². The van der Waals surface area contributed by atoms with Gasteiger partial charge in [-0.1, -0.05) is 36.8 Å². The zero-order valence-electron chi connectivity index (χ0n) is 15.7. The first-order valence-electron chi connectivity index (χ1n) is 9.97. The molecular weight excluding hydrogens is 322 g/mol. The average Bonchev–Trinajstić information content (AvgIpc) is 2.70. The molecule has 2 aliphatic rings. The van der Waals surface area contributed by atoms with Crippen molar-refractivity contribution in [3.8, 4) is 11.5 Å². The first kappa shape index (κ1) is 17.4. The van der Waals surface area contributed by atoms with Crippen LogP contribution in [-0.4, -0.2) is 31.1 Å². The lowest BCUT2D eigenvalue weighted by atomic mass is 9.97. The van der Waals surface area contributed by atoms with Crippen molar-refractivity contribution in [1.29, 1.82) is 0 Å². The van der Waals surface area contributed by atoms with E-state index in [4.69, 9.17) is 9.47 Å². The molecule has 0 aliphatic carbocycles. The third kappa shape index (κ3) is 4.04. The van der Waals surface area contributed by atoms with Crippen molar-refractivity contribution in [3.63, 3.8) is 0 Å². The van der Waals surface area contributed by atoms with Crippen LogP contribution in [0.4, 0.5) is 0 Å². The molecule has 1 fully saturated rings. The van der Waals surface area contributed by atoms with Gasteiger partial charge in [-0.05, 0) is 75.0 Å². The summed E-state index contributed by atoms with van der Waals surface area (Å²) in [7, 11) is 2.24. The Morgan fingerprint density at radius 3 is 2.81 bits per heavy atom. The van der Waals surface area contributed by atoms with E-state index in [-0.39, 0.29) is 6.10 Å². The van der Waals surface area contributed by atoms with Gasteiger partial charge in [0.2, 0.25) is 0 Å². The molecule has 2 aromatic rings. The monoisotopic (exact) mass is 351 g/mol. The molecule has 0 aromatic heterocycles. The molecule has 0 spiro atoms. The number of nitrogens with zero attached hydrogens (tertiary/aromatic N) is 1. The smallest absolute Gasteiger partial charge is 0.124 e. The van der Waals surface area contributed by atoms with Crippen molar-refractivity contribution in [2.75, 3.05) is 20.2 Å². The van der Waals surface area contributed by atoms with Crippen LogP contribution >= 0.6 is 0 Å². The van der Waals surface area contributed by atoms with Gasteiger partial charge in [0, 0.05) is 6.04 Å². The first-order chi connectivity index (χ1) is 12.8. The number of fused-ring (bicyclic) bond motifs is 1. The third-order valence-electron chi connectivity index (χ3n) is 5.79. The van der Waals surface area contributed by atoms with Crippen LogP contribution in [0.1, 0.15) is 49.3 Å². The van der Waals surface area contributed by atoms with E-state index in [2.05, 4.69) is 60.5 Å². The fourth-order valence-electron chi connectivity index (χ4n) is 4.18. The van der Waals surface area contributed by atoms with Gasteiger partial charge in [0.1, 0.15) is 17.6 Å². The molecule has 2 aliphatic heterocycles. The lowest BCUT2D eigenvalue weighted by molar-refractivity contribution is 0.152. The summed E-state index contributed by atoms with van der Waals surface area (Å²) in [5.41, 5.74) is 2.53. The van der Waals surface area contributed by atoms with Gasteiger partial charge in [0.05, 0.1) is 6.61 Å². The van der Waals surface area contributed by atoms with E-state index in [0.29, 0.717) is 6.04 Å². The Kier molecular flexibility index (Phi) is 5.45. The quantitative estimate of drug-likeness (QED) is 0.756. The Balaban J connectivity index is 1.33. The van der Waals surface area contributed by atoms with Gasteiger partial charge in [-0.25, -0.2) is 0 Å². The van der Waals surface area contributed by atoms with Gasteiger partial charge in [-0.2, -0.15) is 0 Å². The van der Waals surface area contributed by atoms with E-state index >= 15 is 0 Å². The van der Waals surface area contributed by atoms with Crippen LogP contribution in [0.15, 0.2) is 48.5 Å². The highest BCUT2D eigenvalue weighted by molar-refractivity contribution is 5.42. The predicted molar refractivity (Wildman–Crippen MR) is 105 cm³/mol. The molecule has 2 aromatic carbocycles. The molecule has 3 nitrogen and oxygen atoms in total. The van der Waals surface area contributed by atoms with Gasteiger partial charge < -0.3 is 14.4 Å². The number of aryl methyl sites for hydroxylation is 1. The highest BCUT2D eigenvalue weighted by atomic mass is 16.5. The minimum Gasteiger partial charge on any atom is -0.494 e. The van der Waals surface area contributed by atoms with E-state index in [1.165, 1.54) is 36.9 Å². The van der Waals surface area contributed by atoms with E-state index in [1.807, 2.05) is 0 Å². The Morgan fingerprint density at radius 2 is 1.96 bits per heavy atom. The minimum atomic E-state index is 0.164. The summed E-state index contributed by atoms with van der Waals surface area (Å²) in [6.45, 7) is 2.02. The maximum absolute atomic E-state index is 6.22. The average molecular weight is 351 g/mol. The first-order valence-corrected chi connectivity index (χ1v) is 9.97. The summed E-state index contributed by atoms with van der Waals surface area (Å²) in [5.74, 6) is 1.98. The second-order valence-corrected chi connectivity index (χ2v) is 7.59. The van der Waals surface area contributed by atoms with Crippen LogP contribution in [0, 0.1) is 0 Å². The molecule has 2 unspecified atom stereocenters. The van der Waals surface area contributed by atoms with Crippen molar-refractivity contribution in [1.82, 2.24) is 4.90 Å². The third-order valence-corrected chi connectivity index (χ3v) is 5.79. The van der Waals surface area contributed by atoms with Gasteiger partial charge in [-0.15, -0.1) is 0 Å². The van der Waals surface area contributed by atoms with Gasteiger partial charge in [0.15, 0.2) is 0 Å². The molecule has 0 saturated carbocycles. The van der Waals surface area contributed by atoms with E-state index in [1.54, 1.807) is 0 Å². The van der Waals surface area contributed by atoms with Crippen molar-refractivity contribution >= 4 is 0 Å². The molecular formula is C23H29NO2. The standard InChI is InChI=1S/C23H29NO2/c1-24-15-6-5-9-20(24)14-16-25-21-11-13-23-19(17-21)10-12-22(26-23)18-7-3-2-4-8-18/h2-4,7-8,11,13,17,20,22H,5-6,9-10,12,14-16H2,1H3. The SMILES string of the molecule is CN1CCCCC1CCOc1ccc2c(c1)CCC(c1ccccc1)O2. The fourth-order valence-corrected chi connectivity index (χ4v) is 4.18. The lowest BCUT2D eigenvalue weighted by Gasteiger charge is -2.32. The van der Waals surface area contributed by atoms with Crippen LogP contribution in [0.2, 0.25) is 0 Å². The largest absolute Gasteiger partial charge is 0.494 e. The summed E-state index contributed by atoms with van der Waals surface area (Å²) in [6, 6.07) is 17.5. The fraction of sp³-hybridized carbons (Fsp3) is 0.478. The molecule has 2 heterocycles. The highest BCUT2D eigenvalue weighted by Crippen LogP contribution is 2.36. The van der Waals surface area contributed by atoms with E-state index in [9.17, 15) is 0 Å². The van der Waals surface area contributed by atoms with Crippen LogP contribution in [0.3, 0.4) is 0 Å².